The van der Waals surface area contributed by atoms with Gasteiger partial charge in [-0.1, -0.05) is 12.8 Å². The molecule has 0 aromatic heterocycles. The standard InChI is InChI=1S/C11H18O2/c12-10-6-2-1-4-8(10)9-5-3-7-11(9)13/h8-10,12H,1-7H2/t8-,9-,10+/m0/s1. The van der Waals surface area contributed by atoms with Crippen molar-refractivity contribution in [2.75, 3.05) is 0 Å². The molecule has 0 bridgehead atoms. The molecule has 0 saturated heterocycles. The van der Waals surface area contributed by atoms with Crippen molar-refractivity contribution in [2.24, 2.45) is 11.8 Å². The summed E-state index contributed by atoms with van der Waals surface area (Å²) in [6.45, 7) is 0. The van der Waals surface area contributed by atoms with E-state index in [4.69, 9.17) is 0 Å². The Morgan fingerprint density at radius 2 is 1.85 bits per heavy atom. The fourth-order valence-electron chi connectivity index (χ4n) is 2.90. The van der Waals surface area contributed by atoms with E-state index in [-0.39, 0.29) is 12.0 Å². The molecule has 2 saturated carbocycles. The van der Waals surface area contributed by atoms with E-state index in [1.165, 1.54) is 6.42 Å². The van der Waals surface area contributed by atoms with Crippen LogP contribution < -0.4 is 0 Å². The zero-order chi connectivity index (χ0) is 9.26. The molecule has 0 aromatic rings. The van der Waals surface area contributed by atoms with Crippen LogP contribution in [0.3, 0.4) is 0 Å². The van der Waals surface area contributed by atoms with Crippen LogP contribution in [0.15, 0.2) is 0 Å². The zero-order valence-electron chi connectivity index (χ0n) is 8.04. The highest BCUT2D eigenvalue weighted by Crippen LogP contribution is 2.37. The third kappa shape index (κ3) is 1.78. The first-order valence-electron chi connectivity index (χ1n) is 5.50. The Bertz CT molecular complexity index is 200. The molecule has 74 valence electrons. The number of ketones is 1. The van der Waals surface area contributed by atoms with Crippen LogP contribution in [0.1, 0.15) is 44.9 Å². The molecule has 2 aliphatic carbocycles. The van der Waals surface area contributed by atoms with Gasteiger partial charge in [0.25, 0.3) is 0 Å². The summed E-state index contributed by atoms with van der Waals surface area (Å²) >= 11 is 0. The summed E-state index contributed by atoms with van der Waals surface area (Å²) in [7, 11) is 0. The third-order valence-corrected chi connectivity index (χ3v) is 3.65. The van der Waals surface area contributed by atoms with Gasteiger partial charge in [0, 0.05) is 12.3 Å². The summed E-state index contributed by atoms with van der Waals surface area (Å²) in [6, 6.07) is 0. The van der Waals surface area contributed by atoms with Gasteiger partial charge in [0.2, 0.25) is 0 Å². The monoisotopic (exact) mass is 182 g/mol. The first-order valence-corrected chi connectivity index (χ1v) is 5.50. The summed E-state index contributed by atoms with van der Waals surface area (Å²) in [5.41, 5.74) is 0. The smallest absolute Gasteiger partial charge is 0.136 e. The van der Waals surface area contributed by atoms with E-state index in [1.807, 2.05) is 0 Å². The van der Waals surface area contributed by atoms with E-state index >= 15 is 0 Å². The second-order valence-corrected chi connectivity index (χ2v) is 4.48. The van der Waals surface area contributed by atoms with E-state index < -0.39 is 0 Å². The lowest BCUT2D eigenvalue weighted by molar-refractivity contribution is -0.124. The van der Waals surface area contributed by atoms with Gasteiger partial charge in [-0.15, -0.1) is 0 Å². The SMILES string of the molecule is O=C1CCC[C@H]1[C@@H]1CCCC[C@H]1O. The molecular formula is C11H18O2. The quantitative estimate of drug-likeness (QED) is 0.672. The van der Waals surface area contributed by atoms with Gasteiger partial charge in [0.1, 0.15) is 5.78 Å². The van der Waals surface area contributed by atoms with Crippen molar-refractivity contribution in [3.05, 3.63) is 0 Å². The molecular weight excluding hydrogens is 164 g/mol. The summed E-state index contributed by atoms with van der Waals surface area (Å²) in [6.07, 6.45) is 6.96. The van der Waals surface area contributed by atoms with E-state index in [0.717, 1.165) is 38.5 Å². The van der Waals surface area contributed by atoms with Crippen LogP contribution in [0.5, 0.6) is 0 Å². The molecule has 1 N–H and O–H groups in total. The topological polar surface area (TPSA) is 37.3 Å². The fourth-order valence-corrected chi connectivity index (χ4v) is 2.90. The minimum absolute atomic E-state index is 0.194. The van der Waals surface area contributed by atoms with Gasteiger partial charge in [-0.25, -0.2) is 0 Å². The van der Waals surface area contributed by atoms with Crippen LogP contribution in [0, 0.1) is 11.8 Å². The zero-order valence-corrected chi connectivity index (χ0v) is 8.04. The number of Topliss-reactive ketones (excluding diaryl/α,β-unsaturated/α-hetero) is 1. The highest BCUT2D eigenvalue weighted by molar-refractivity contribution is 5.83. The summed E-state index contributed by atoms with van der Waals surface area (Å²) in [5.74, 6) is 0.907. The van der Waals surface area contributed by atoms with Crippen molar-refractivity contribution >= 4 is 5.78 Å². The van der Waals surface area contributed by atoms with Crippen molar-refractivity contribution in [2.45, 2.75) is 51.0 Å². The molecule has 0 radical (unpaired) electrons. The lowest BCUT2D eigenvalue weighted by Crippen LogP contribution is -2.32. The number of carbonyl (C=O) groups is 1. The second kappa shape index (κ2) is 3.79. The number of hydrogen-bond donors (Lipinski definition) is 1. The molecule has 0 unspecified atom stereocenters. The predicted molar refractivity (Wildman–Crippen MR) is 50.3 cm³/mol. The lowest BCUT2D eigenvalue weighted by Gasteiger charge is -2.31. The van der Waals surface area contributed by atoms with E-state index in [0.29, 0.717) is 11.7 Å². The average molecular weight is 182 g/mol. The highest BCUT2D eigenvalue weighted by atomic mass is 16.3. The molecule has 0 aliphatic heterocycles. The minimum Gasteiger partial charge on any atom is -0.393 e. The molecule has 2 nitrogen and oxygen atoms in total. The van der Waals surface area contributed by atoms with Crippen molar-refractivity contribution in [3.63, 3.8) is 0 Å². The molecule has 0 amide bonds. The molecule has 13 heavy (non-hydrogen) atoms. The maximum absolute atomic E-state index is 11.5. The van der Waals surface area contributed by atoms with Gasteiger partial charge in [-0.05, 0) is 31.6 Å². The normalized spacial score (nSPS) is 41.0. The fraction of sp³-hybridized carbons (Fsp3) is 0.909. The first-order chi connectivity index (χ1) is 6.29. The van der Waals surface area contributed by atoms with Crippen LogP contribution in [0.2, 0.25) is 0 Å². The van der Waals surface area contributed by atoms with Gasteiger partial charge >= 0.3 is 0 Å². The molecule has 2 heteroatoms. The van der Waals surface area contributed by atoms with Gasteiger partial charge in [0.15, 0.2) is 0 Å². The van der Waals surface area contributed by atoms with Crippen LogP contribution >= 0.6 is 0 Å². The number of hydrogen-bond acceptors (Lipinski definition) is 2. The Morgan fingerprint density at radius 1 is 1.08 bits per heavy atom. The van der Waals surface area contributed by atoms with Gasteiger partial charge in [-0.3, -0.25) is 4.79 Å². The van der Waals surface area contributed by atoms with Crippen LogP contribution in [-0.4, -0.2) is 17.0 Å². The van der Waals surface area contributed by atoms with Crippen LogP contribution in [0.25, 0.3) is 0 Å². The van der Waals surface area contributed by atoms with Gasteiger partial charge < -0.3 is 5.11 Å². The van der Waals surface area contributed by atoms with Crippen LogP contribution in [0.4, 0.5) is 0 Å². The third-order valence-electron chi connectivity index (χ3n) is 3.65. The summed E-state index contributed by atoms with van der Waals surface area (Å²) < 4.78 is 0. The van der Waals surface area contributed by atoms with Crippen molar-refractivity contribution in [1.29, 1.82) is 0 Å². The maximum Gasteiger partial charge on any atom is 0.136 e. The molecule has 2 rings (SSSR count). The first kappa shape index (κ1) is 9.20. The average Bonchev–Trinajstić information content (AvgIpc) is 2.52. The number of aliphatic hydroxyl groups excluding tert-OH is 1. The number of carbonyl (C=O) groups excluding carboxylic acids is 1. The predicted octanol–water partition coefficient (Wildman–Crippen LogP) is 1.91. The van der Waals surface area contributed by atoms with Gasteiger partial charge in [-0.2, -0.15) is 0 Å². The Labute approximate surface area is 79.3 Å². The summed E-state index contributed by atoms with van der Waals surface area (Å²) in [5, 5.41) is 9.79. The number of rotatable bonds is 1. The Kier molecular flexibility index (Phi) is 2.68. The summed E-state index contributed by atoms with van der Waals surface area (Å²) in [4.78, 5) is 11.5. The molecule has 0 heterocycles. The Hall–Kier alpha value is -0.370. The molecule has 2 aliphatic rings. The highest BCUT2D eigenvalue weighted by Gasteiger charge is 2.36. The van der Waals surface area contributed by atoms with E-state index in [1.54, 1.807) is 0 Å². The Morgan fingerprint density at radius 3 is 2.46 bits per heavy atom. The second-order valence-electron chi connectivity index (χ2n) is 4.48. The largest absolute Gasteiger partial charge is 0.393 e. The van der Waals surface area contributed by atoms with E-state index in [2.05, 4.69) is 0 Å². The maximum atomic E-state index is 11.5. The number of aliphatic hydroxyl groups is 1. The molecule has 2 fully saturated rings. The van der Waals surface area contributed by atoms with Crippen LogP contribution in [-0.2, 0) is 4.79 Å². The van der Waals surface area contributed by atoms with Crippen molar-refractivity contribution in [1.82, 2.24) is 0 Å². The molecule has 0 aromatic carbocycles. The van der Waals surface area contributed by atoms with E-state index in [9.17, 15) is 9.90 Å². The van der Waals surface area contributed by atoms with Crippen molar-refractivity contribution < 1.29 is 9.90 Å². The molecule has 0 spiro atoms. The Balaban J connectivity index is 2.01. The minimum atomic E-state index is -0.194. The van der Waals surface area contributed by atoms with Gasteiger partial charge in [0.05, 0.1) is 6.10 Å². The van der Waals surface area contributed by atoms with Crippen molar-refractivity contribution in [3.8, 4) is 0 Å². The lowest BCUT2D eigenvalue weighted by atomic mass is 9.77. The molecule has 3 atom stereocenters.